The van der Waals surface area contributed by atoms with Crippen molar-refractivity contribution < 1.29 is 4.79 Å². The van der Waals surface area contributed by atoms with Gasteiger partial charge in [0.2, 0.25) is 5.91 Å². The van der Waals surface area contributed by atoms with Crippen molar-refractivity contribution in [3.05, 3.63) is 29.8 Å². The highest BCUT2D eigenvalue weighted by Gasteiger charge is 2.49. The van der Waals surface area contributed by atoms with Gasteiger partial charge >= 0.3 is 0 Å². The Bertz CT molecular complexity index is 604. The maximum absolute atomic E-state index is 12.6. The lowest BCUT2D eigenvalue weighted by Crippen LogP contribution is -2.42. The summed E-state index contributed by atoms with van der Waals surface area (Å²) in [6, 6.07) is 8.43. The van der Waals surface area contributed by atoms with Crippen LogP contribution in [-0.4, -0.2) is 29.9 Å². The summed E-state index contributed by atoms with van der Waals surface area (Å²) in [6.45, 7) is 5.75. The zero-order valence-electron chi connectivity index (χ0n) is 15.3. The van der Waals surface area contributed by atoms with Crippen LogP contribution in [-0.2, 0) is 11.3 Å². The van der Waals surface area contributed by atoms with Gasteiger partial charge in [-0.1, -0.05) is 19.1 Å². The van der Waals surface area contributed by atoms with Gasteiger partial charge in [0.25, 0.3) is 0 Å². The number of carbonyl (C=O) groups excluding carboxylic acids is 1. The molecule has 2 aliphatic carbocycles. The molecular formula is C21H31N3O. The van der Waals surface area contributed by atoms with Gasteiger partial charge in [0.05, 0.1) is 5.92 Å². The van der Waals surface area contributed by atoms with Crippen molar-refractivity contribution in [1.82, 2.24) is 4.90 Å². The van der Waals surface area contributed by atoms with Gasteiger partial charge < -0.3 is 11.1 Å². The van der Waals surface area contributed by atoms with Crippen molar-refractivity contribution in [3.63, 3.8) is 0 Å². The van der Waals surface area contributed by atoms with Gasteiger partial charge in [-0.05, 0) is 80.6 Å². The van der Waals surface area contributed by atoms with Crippen molar-refractivity contribution in [2.24, 2.45) is 29.4 Å². The second kappa shape index (κ2) is 7.08. The standard InChI is InChI=1S/C21H31N3O/c1-14-8-10-24(11-9-14)13-15-2-6-18(7-3-15)23-21(25)19-16-4-5-17(12-16)20(19)22/h2-3,6-7,14,16-17,19-20H,4-5,8-13,22H2,1H3,(H,23,25). The average molecular weight is 341 g/mol. The number of carbonyl (C=O) groups is 1. The number of nitrogens with one attached hydrogen (secondary N) is 1. The Morgan fingerprint density at radius 3 is 2.44 bits per heavy atom. The third-order valence-corrected chi connectivity index (χ3v) is 6.79. The minimum Gasteiger partial charge on any atom is -0.327 e. The molecule has 4 atom stereocenters. The largest absolute Gasteiger partial charge is 0.327 e. The van der Waals surface area contributed by atoms with Crippen LogP contribution in [0.25, 0.3) is 0 Å². The van der Waals surface area contributed by atoms with Crippen molar-refractivity contribution in [2.45, 2.75) is 51.6 Å². The Balaban J connectivity index is 1.32. The molecule has 136 valence electrons. The number of benzene rings is 1. The van der Waals surface area contributed by atoms with E-state index in [2.05, 4.69) is 29.3 Å². The molecule has 4 unspecified atom stereocenters. The fraction of sp³-hybridized carbons (Fsp3) is 0.667. The molecule has 1 amide bonds. The van der Waals surface area contributed by atoms with Crippen molar-refractivity contribution >= 4 is 11.6 Å². The SMILES string of the molecule is CC1CCN(Cc2ccc(NC(=O)C3C4CCC(C4)C3N)cc2)CC1. The number of anilines is 1. The zero-order chi connectivity index (χ0) is 17.4. The van der Waals surface area contributed by atoms with Crippen LogP contribution in [0, 0.1) is 23.7 Å². The molecule has 1 aliphatic heterocycles. The molecule has 2 bridgehead atoms. The van der Waals surface area contributed by atoms with Gasteiger partial charge in [-0.15, -0.1) is 0 Å². The third kappa shape index (κ3) is 3.61. The first-order valence-corrected chi connectivity index (χ1v) is 9.98. The molecule has 1 heterocycles. The van der Waals surface area contributed by atoms with Crippen molar-refractivity contribution in [1.29, 1.82) is 0 Å². The van der Waals surface area contributed by atoms with Crippen LogP contribution in [0.5, 0.6) is 0 Å². The molecule has 0 aromatic heterocycles. The highest BCUT2D eigenvalue weighted by Crippen LogP contribution is 2.47. The first-order chi connectivity index (χ1) is 12.1. The lowest BCUT2D eigenvalue weighted by Gasteiger charge is -2.30. The predicted molar refractivity (Wildman–Crippen MR) is 101 cm³/mol. The summed E-state index contributed by atoms with van der Waals surface area (Å²) in [5.74, 6) is 2.06. The molecule has 0 spiro atoms. The molecule has 3 fully saturated rings. The monoisotopic (exact) mass is 341 g/mol. The molecule has 4 heteroatoms. The number of amides is 1. The van der Waals surface area contributed by atoms with E-state index in [9.17, 15) is 4.79 Å². The van der Waals surface area contributed by atoms with Crippen LogP contribution in [0.2, 0.25) is 0 Å². The zero-order valence-corrected chi connectivity index (χ0v) is 15.3. The van der Waals surface area contributed by atoms with Crippen LogP contribution in [0.3, 0.4) is 0 Å². The maximum Gasteiger partial charge on any atom is 0.229 e. The van der Waals surface area contributed by atoms with E-state index in [0.717, 1.165) is 24.6 Å². The van der Waals surface area contributed by atoms with E-state index in [4.69, 9.17) is 5.73 Å². The number of fused-ring (bicyclic) bond motifs is 2. The molecule has 1 aromatic rings. The summed E-state index contributed by atoms with van der Waals surface area (Å²) < 4.78 is 0. The lowest BCUT2D eigenvalue weighted by molar-refractivity contribution is -0.121. The minimum absolute atomic E-state index is 0.00812. The molecule has 1 aromatic carbocycles. The summed E-state index contributed by atoms with van der Waals surface area (Å²) >= 11 is 0. The van der Waals surface area contributed by atoms with Crippen molar-refractivity contribution in [3.8, 4) is 0 Å². The van der Waals surface area contributed by atoms with Gasteiger partial charge in [0.15, 0.2) is 0 Å². The molecular weight excluding hydrogens is 310 g/mol. The summed E-state index contributed by atoms with van der Waals surface area (Å²) in [7, 11) is 0. The van der Waals surface area contributed by atoms with E-state index in [1.807, 2.05) is 12.1 Å². The highest BCUT2D eigenvalue weighted by atomic mass is 16.2. The number of piperidine rings is 1. The summed E-state index contributed by atoms with van der Waals surface area (Å²) in [4.78, 5) is 15.2. The summed E-state index contributed by atoms with van der Waals surface area (Å²) in [5.41, 5.74) is 8.51. The van der Waals surface area contributed by atoms with Gasteiger partial charge in [-0.2, -0.15) is 0 Å². The molecule has 3 aliphatic rings. The Morgan fingerprint density at radius 2 is 1.80 bits per heavy atom. The quantitative estimate of drug-likeness (QED) is 0.884. The molecule has 4 nitrogen and oxygen atoms in total. The summed E-state index contributed by atoms with van der Waals surface area (Å²) in [5, 5.41) is 3.10. The Hall–Kier alpha value is -1.39. The Morgan fingerprint density at radius 1 is 1.12 bits per heavy atom. The lowest BCUT2D eigenvalue weighted by atomic mass is 9.84. The van der Waals surface area contributed by atoms with Crippen LogP contribution in [0.15, 0.2) is 24.3 Å². The predicted octanol–water partition coefficient (Wildman–Crippen LogP) is 3.23. The number of rotatable bonds is 4. The third-order valence-electron chi connectivity index (χ3n) is 6.79. The second-order valence-electron chi connectivity index (χ2n) is 8.58. The Labute approximate surface area is 151 Å². The normalized spacial score (nSPS) is 32.9. The topological polar surface area (TPSA) is 58.4 Å². The van der Waals surface area contributed by atoms with Crippen LogP contribution in [0.4, 0.5) is 5.69 Å². The summed E-state index contributed by atoms with van der Waals surface area (Å²) in [6.07, 6.45) is 6.13. The number of nitrogens with zero attached hydrogens (tertiary/aromatic N) is 1. The van der Waals surface area contributed by atoms with Crippen LogP contribution < -0.4 is 11.1 Å². The van der Waals surface area contributed by atoms with Crippen LogP contribution in [0.1, 0.15) is 44.6 Å². The van der Waals surface area contributed by atoms with Gasteiger partial charge in [0, 0.05) is 18.3 Å². The first kappa shape index (κ1) is 17.0. The van der Waals surface area contributed by atoms with Crippen molar-refractivity contribution in [2.75, 3.05) is 18.4 Å². The second-order valence-corrected chi connectivity index (χ2v) is 8.58. The van der Waals surface area contributed by atoms with E-state index in [0.29, 0.717) is 11.8 Å². The fourth-order valence-electron chi connectivity index (χ4n) is 5.12. The van der Waals surface area contributed by atoms with E-state index in [1.54, 1.807) is 0 Å². The smallest absolute Gasteiger partial charge is 0.229 e. The molecule has 2 saturated carbocycles. The number of likely N-dealkylation sites (tertiary alicyclic amines) is 1. The number of hydrogen-bond acceptors (Lipinski definition) is 3. The van der Waals surface area contributed by atoms with Crippen LogP contribution >= 0.6 is 0 Å². The Kier molecular flexibility index (Phi) is 4.83. The molecule has 4 rings (SSSR count). The minimum atomic E-state index is 0.00812. The number of hydrogen-bond donors (Lipinski definition) is 2. The fourth-order valence-corrected chi connectivity index (χ4v) is 5.12. The molecule has 1 saturated heterocycles. The van der Waals surface area contributed by atoms with E-state index >= 15 is 0 Å². The average Bonchev–Trinajstić information content (AvgIpc) is 3.20. The molecule has 0 radical (unpaired) electrons. The number of nitrogens with two attached hydrogens (primary N) is 1. The first-order valence-electron chi connectivity index (χ1n) is 9.98. The van der Waals surface area contributed by atoms with E-state index < -0.39 is 0 Å². The van der Waals surface area contributed by atoms with Gasteiger partial charge in [-0.3, -0.25) is 9.69 Å². The highest BCUT2D eigenvalue weighted by molar-refractivity contribution is 5.93. The van der Waals surface area contributed by atoms with Gasteiger partial charge in [-0.25, -0.2) is 0 Å². The maximum atomic E-state index is 12.6. The van der Waals surface area contributed by atoms with E-state index in [-0.39, 0.29) is 17.9 Å². The molecule has 3 N–H and O–H groups in total. The van der Waals surface area contributed by atoms with Gasteiger partial charge in [0.1, 0.15) is 0 Å². The molecule has 25 heavy (non-hydrogen) atoms. The van der Waals surface area contributed by atoms with E-state index in [1.165, 1.54) is 44.3 Å².